The molecule has 0 amide bonds. The molecule has 1 aliphatic rings. The van der Waals surface area contributed by atoms with E-state index in [0.717, 1.165) is 11.1 Å². The minimum Gasteiger partial charge on any atom is -0.508 e. The first-order valence-corrected chi connectivity index (χ1v) is 8.85. The van der Waals surface area contributed by atoms with Crippen LogP contribution in [0.1, 0.15) is 16.7 Å². The van der Waals surface area contributed by atoms with Crippen molar-refractivity contribution in [2.24, 2.45) is 5.92 Å². The quantitative estimate of drug-likeness (QED) is 0.573. The van der Waals surface area contributed by atoms with Gasteiger partial charge in [0.1, 0.15) is 17.3 Å². The van der Waals surface area contributed by atoms with E-state index in [0.29, 0.717) is 5.56 Å². The summed E-state index contributed by atoms with van der Waals surface area (Å²) in [6, 6.07) is 24.6. The predicted octanol–water partition coefficient (Wildman–Crippen LogP) is 5.06. The number of allylic oxidation sites excluding steroid dienone is 3. The number of aromatic hydroxyl groups is 2. The maximum absolute atomic E-state index is 10.8. The first-order chi connectivity index (χ1) is 13.1. The van der Waals surface area contributed by atoms with Crippen LogP contribution in [0, 0.1) is 5.92 Å². The standard InChI is InChI=1S/C24H20O3/c25-20-12-11-19(15-20)24(17-7-3-1-4-8-17,18-9-5-2-6-10-18)22-14-13-21(26)16-23(22)27/h1-16,19,25-27H. The normalized spacial score (nSPS) is 16.3. The van der Waals surface area contributed by atoms with Crippen LogP contribution in [0.15, 0.2) is 103 Å². The molecule has 0 radical (unpaired) electrons. The highest BCUT2D eigenvalue weighted by atomic mass is 16.3. The van der Waals surface area contributed by atoms with Gasteiger partial charge in [-0.25, -0.2) is 0 Å². The zero-order valence-corrected chi connectivity index (χ0v) is 14.7. The Bertz CT molecular complexity index is 965. The molecule has 1 unspecified atom stereocenters. The summed E-state index contributed by atoms with van der Waals surface area (Å²) in [6.45, 7) is 0. The largest absolute Gasteiger partial charge is 0.508 e. The Hall–Kier alpha value is -3.46. The molecular weight excluding hydrogens is 336 g/mol. The molecule has 3 heteroatoms. The third-order valence-corrected chi connectivity index (χ3v) is 5.19. The van der Waals surface area contributed by atoms with E-state index in [1.165, 1.54) is 6.07 Å². The zero-order chi connectivity index (χ0) is 18.9. The fourth-order valence-electron chi connectivity index (χ4n) is 4.06. The average Bonchev–Trinajstić information content (AvgIpc) is 3.12. The van der Waals surface area contributed by atoms with Gasteiger partial charge in [-0.2, -0.15) is 0 Å². The molecule has 0 aliphatic heterocycles. The highest BCUT2D eigenvalue weighted by Crippen LogP contribution is 2.51. The minimum atomic E-state index is -0.763. The van der Waals surface area contributed by atoms with Crippen molar-refractivity contribution in [1.82, 2.24) is 0 Å². The first kappa shape index (κ1) is 17.0. The Kier molecular flexibility index (Phi) is 4.21. The third kappa shape index (κ3) is 2.77. The molecule has 3 nitrogen and oxygen atoms in total. The van der Waals surface area contributed by atoms with Crippen molar-refractivity contribution in [3.8, 4) is 11.5 Å². The molecule has 0 saturated carbocycles. The van der Waals surface area contributed by atoms with E-state index in [1.807, 2.05) is 66.7 Å². The van der Waals surface area contributed by atoms with Crippen molar-refractivity contribution in [3.63, 3.8) is 0 Å². The molecule has 3 N–H and O–H groups in total. The summed E-state index contributed by atoms with van der Waals surface area (Å²) >= 11 is 0. The summed E-state index contributed by atoms with van der Waals surface area (Å²) < 4.78 is 0. The summed E-state index contributed by atoms with van der Waals surface area (Å²) in [7, 11) is 0. The molecule has 1 atom stereocenters. The molecule has 134 valence electrons. The van der Waals surface area contributed by atoms with Crippen molar-refractivity contribution < 1.29 is 15.3 Å². The molecule has 27 heavy (non-hydrogen) atoms. The Balaban J connectivity index is 2.11. The molecule has 0 aromatic heterocycles. The van der Waals surface area contributed by atoms with Crippen LogP contribution in [0.4, 0.5) is 0 Å². The SMILES string of the molecule is OC1=CC(C(c2ccccc2)(c2ccccc2)c2ccc(O)cc2O)C=C1. The Morgan fingerprint density at radius 3 is 1.78 bits per heavy atom. The fraction of sp³-hybridized carbons (Fsp3) is 0.0833. The van der Waals surface area contributed by atoms with Gasteiger partial charge in [0.15, 0.2) is 0 Å². The number of aliphatic hydroxyl groups is 1. The first-order valence-electron chi connectivity index (χ1n) is 8.85. The lowest BCUT2D eigenvalue weighted by molar-refractivity contribution is 0.415. The van der Waals surface area contributed by atoms with Gasteiger partial charge in [-0.15, -0.1) is 0 Å². The lowest BCUT2D eigenvalue weighted by atomic mass is 9.62. The zero-order valence-electron chi connectivity index (χ0n) is 14.7. The molecule has 0 saturated heterocycles. The Morgan fingerprint density at radius 2 is 1.30 bits per heavy atom. The van der Waals surface area contributed by atoms with Gasteiger partial charge in [0.2, 0.25) is 0 Å². The topological polar surface area (TPSA) is 60.7 Å². The molecule has 0 spiro atoms. The molecule has 3 aromatic rings. The monoisotopic (exact) mass is 356 g/mol. The van der Waals surface area contributed by atoms with E-state index in [-0.39, 0.29) is 23.2 Å². The maximum atomic E-state index is 10.8. The maximum Gasteiger partial charge on any atom is 0.123 e. The van der Waals surface area contributed by atoms with Gasteiger partial charge in [0.25, 0.3) is 0 Å². The van der Waals surface area contributed by atoms with Crippen LogP contribution in [0.25, 0.3) is 0 Å². The Morgan fingerprint density at radius 1 is 0.704 bits per heavy atom. The number of aliphatic hydroxyl groups excluding tert-OH is 1. The van der Waals surface area contributed by atoms with Crippen molar-refractivity contribution in [3.05, 3.63) is 120 Å². The second-order valence-electron chi connectivity index (χ2n) is 6.72. The number of phenols is 2. The van der Waals surface area contributed by atoms with E-state index < -0.39 is 5.41 Å². The van der Waals surface area contributed by atoms with Crippen molar-refractivity contribution in [2.45, 2.75) is 5.41 Å². The van der Waals surface area contributed by atoms with Gasteiger partial charge in [0.05, 0.1) is 5.41 Å². The summed E-state index contributed by atoms with van der Waals surface area (Å²) in [4.78, 5) is 0. The van der Waals surface area contributed by atoms with Crippen LogP contribution in [0.2, 0.25) is 0 Å². The minimum absolute atomic E-state index is 0.00614. The lowest BCUT2D eigenvalue weighted by Crippen LogP contribution is -2.36. The summed E-state index contributed by atoms with van der Waals surface area (Å²) in [5, 5.41) is 30.7. The van der Waals surface area contributed by atoms with Gasteiger partial charge in [-0.3, -0.25) is 0 Å². The summed E-state index contributed by atoms with van der Waals surface area (Å²) in [6.07, 6.45) is 5.43. The van der Waals surface area contributed by atoms with Gasteiger partial charge < -0.3 is 15.3 Å². The van der Waals surface area contributed by atoms with Crippen LogP contribution < -0.4 is 0 Å². The number of phenolic OH excluding ortho intramolecular Hbond substituents is 2. The van der Waals surface area contributed by atoms with Gasteiger partial charge in [0, 0.05) is 17.5 Å². The van der Waals surface area contributed by atoms with E-state index in [1.54, 1.807) is 24.3 Å². The molecule has 0 bridgehead atoms. The fourth-order valence-corrected chi connectivity index (χ4v) is 4.06. The van der Waals surface area contributed by atoms with Crippen LogP contribution in [-0.4, -0.2) is 15.3 Å². The predicted molar refractivity (Wildman–Crippen MR) is 106 cm³/mol. The molecule has 0 heterocycles. The molecule has 3 aromatic carbocycles. The van der Waals surface area contributed by atoms with Gasteiger partial charge in [-0.05, 0) is 29.3 Å². The van der Waals surface area contributed by atoms with Gasteiger partial charge >= 0.3 is 0 Å². The number of hydrogen-bond donors (Lipinski definition) is 3. The van der Waals surface area contributed by atoms with Crippen LogP contribution in [0.3, 0.4) is 0 Å². The summed E-state index contributed by atoms with van der Waals surface area (Å²) in [5.41, 5.74) is 1.87. The van der Waals surface area contributed by atoms with E-state index in [9.17, 15) is 15.3 Å². The molecular formula is C24H20O3. The smallest absolute Gasteiger partial charge is 0.123 e. The number of benzene rings is 3. The molecule has 1 aliphatic carbocycles. The highest BCUT2D eigenvalue weighted by molar-refractivity contribution is 5.59. The molecule has 4 rings (SSSR count). The second kappa shape index (κ2) is 6.69. The summed E-state index contributed by atoms with van der Waals surface area (Å²) in [5.74, 6) is 0.00905. The molecule has 0 fully saturated rings. The second-order valence-corrected chi connectivity index (χ2v) is 6.72. The van der Waals surface area contributed by atoms with E-state index in [4.69, 9.17) is 0 Å². The lowest BCUT2D eigenvalue weighted by Gasteiger charge is -2.40. The van der Waals surface area contributed by atoms with Crippen molar-refractivity contribution in [2.75, 3.05) is 0 Å². The van der Waals surface area contributed by atoms with Gasteiger partial charge in [-0.1, -0.05) is 72.8 Å². The highest BCUT2D eigenvalue weighted by Gasteiger charge is 2.44. The third-order valence-electron chi connectivity index (χ3n) is 5.19. The van der Waals surface area contributed by atoms with Crippen molar-refractivity contribution in [1.29, 1.82) is 0 Å². The van der Waals surface area contributed by atoms with E-state index in [2.05, 4.69) is 0 Å². The van der Waals surface area contributed by atoms with Crippen molar-refractivity contribution >= 4 is 0 Å². The van der Waals surface area contributed by atoms with Crippen LogP contribution in [-0.2, 0) is 5.41 Å². The van der Waals surface area contributed by atoms with Crippen LogP contribution >= 0.6 is 0 Å². The number of rotatable bonds is 4. The average molecular weight is 356 g/mol. The Labute approximate surface area is 158 Å². The van der Waals surface area contributed by atoms with E-state index >= 15 is 0 Å². The number of hydrogen-bond acceptors (Lipinski definition) is 3. The van der Waals surface area contributed by atoms with Crippen LogP contribution in [0.5, 0.6) is 11.5 Å².